The standard InChI is InChI=1S/C15H16N2O3S/c1-2-13-16-10(9-21-13)8-17-6-7-20-14-11(15(18)19)4-3-5-12(14)17/h3-5,9H,2,6-8H2,1H3,(H,18,19). The van der Waals surface area contributed by atoms with Crippen molar-refractivity contribution < 1.29 is 14.6 Å². The maximum Gasteiger partial charge on any atom is 0.339 e. The lowest BCUT2D eigenvalue weighted by molar-refractivity contribution is 0.0692. The highest BCUT2D eigenvalue weighted by molar-refractivity contribution is 7.09. The van der Waals surface area contributed by atoms with Crippen molar-refractivity contribution >= 4 is 23.0 Å². The number of aromatic carboxylic acids is 1. The van der Waals surface area contributed by atoms with Crippen LogP contribution in [0.25, 0.3) is 0 Å². The van der Waals surface area contributed by atoms with Crippen LogP contribution in [0.15, 0.2) is 23.6 Å². The number of carboxylic acids is 1. The molecule has 6 heteroatoms. The Morgan fingerprint density at radius 3 is 3.10 bits per heavy atom. The van der Waals surface area contributed by atoms with Gasteiger partial charge in [-0.25, -0.2) is 9.78 Å². The summed E-state index contributed by atoms with van der Waals surface area (Å²) in [5, 5.41) is 12.4. The van der Waals surface area contributed by atoms with E-state index in [-0.39, 0.29) is 5.56 Å². The van der Waals surface area contributed by atoms with Crippen molar-refractivity contribution in [2.45, 2.75) is 19.9 Å². The molecular formula is C15H16N2O3S. The lowest BCUT2D eigenvalue weighted by Gasteiger charge is -2.31. The fourth-order valence-corrected chi connectivity index (χ4v) is 3.15. The molecule has 0 amide bonds. The third-order valence-electron chi connectivity index (χ3n) is 3.43. The summed E-state index contributed by atoms with van der Waals surface area (Å²) in [5.74, 6) is -0.502. The number of carbonyl (C=O) groups is 1. The topological polar surface area (TPSA) is 62.7 Å². The van der Waals surface area contributed by atoms with Gasteiger partial charge in [0.1, 0.15) is 12.2 Å². The number of hydrogen-bond donors (Lipinski definition) is 1. The van der Waals surface area contributed by atoms with Crippen molar-refractivity contribution in [3.8, 4) is 5.75 Å². The van der Waals surface area contributed by atoms with Gasteiger partial charge in [-0.05, 0) is 18.6 Å². The highest BCUT2D eigenvalue weighted by Gasteiger charge is 2.24. The molecule has 0 radical (unpaired) electrons. The van der Waals surface area contributed by atoms with Gasteiger partial charge in [-0.3, -0.25) is 0 Å². The molecule has 0 atom stereocenters. The fourth-order valence-electron chi connectivity index (χ4n) is 2.42. The van der Waals surface area contributed by atoms with Crippen LogP contribution in [0.3, 0.4) is 0 Å². The van der Waals surface area contributed by atoms with E-state index in [0.717, 1.165) is 29.4 Å². The van der Waals surface area contributed by atoms with Crippen LogP contribution in [0, 0.1) is 0 Å². The average molecular weight is 304 g/mol. The maximum absolute atomic E-state index is 11.3. The monoisotopic (exact) mass is 304 g/mol. The van der Waals surface area contributed by atoms with Gasteiger partial charge in [0.05, 0.1) is 29.5 Å². The number of fused-ring (bicyclic) bond motifs is 1. The van der Waals surface area contributed by atoms with Crippen LogP contribution in [0.4, 0.5) is 5.69 Å². The summed E-state index contributed by atoms with van der Waals surface area (Å²) in [5.41, 5.74) is 2.06. The molecule has 1 aromatic carbocycles. The molecule has 0 aliphatic carbocycles. The molecule has 1 N–H and O–H groups in total. The number of benzene rings is 1. The van der Waals surface area contributed by atoms with Crippen LogP contribution in [-0.2, 0) is 13.0 Å². The number of para-hydroxylation sites is 1. The minimum absolute atomic E-state index is 0.213. The Labute approximate surface area is 126 Å². The van der Waals surface area contributed by atoms with E-state index in [1.807, 2.05) is 6.07 Å². The number of aryl methyl sites for hydroxylation is 1. The number of nitrogens with zero attached hydrogens (tertiary/aromatic N) is 2. The highest BCUT2D eigenvalue weighted by Crippen LogP contribution is 2.35. The van der Waals surface area contributed by atoms with Gasteiger partial charge in [-0.15, -0.1) is 11.3 Å². The molecule has 21 heavy (non-hydrogen) atoms. The first kappa shape index (κ1) is 13.9. The van der Waals surface area contributed by atoms with Gasteiger partial charge >= 0.3 is 5.97 Å². The number of hydrogen-bond acceptors (Lipinski definition) is 5. The number of anilines is 1. The molecule has 5 nitrogen and oxygen atoms in total. The largest absolute Gasteiger partial charge is 0.489 e. The van der Waals surface area contributed by atoms with Gasteiger partial charge in [0.25, 0.3) is 0 Å². The van der Waals surface area contributed by atoms with Gasteiger partial charge in [0.2, 0.25) is 0 Å². The molecule has 110 valence electrons. The van der Waals surface area contributed by atoms with Crippen LogP contribution < -0.4 is 9.64 Å². The molecule has 0 bridgehead atoms. The van der Waals surface area contributed by atoms with E-state index in [2.05, 4.69) is 22.2 Å². The maximum atomic E-state index is 11.3. The second-order valence-corrected chi connectivity index (χ2v) is 5.76. The van der Waals surface area contributed by atoms with E-state index >= 15 is 0 Å². The first-order valence-electron chi connectivity index (χ1n) is 6.86. The van der Waals surface area contributed by atoms with Crippen LogP contribution in [-0.4, -0.2) is 29.2 Å². The fraction of sp³-hybridized carbons (Fsp3) is 0.333. The molecule has 0 unspecified atom stereocenters. The molecule has 1 aliphatic heterocycles. The summed E-state index contributed by atoms with van der Waals surface area (Å²) < 4.78 is 5.57. The lowest BCUT2D eigenvalue weighted by Crippen LogP contribution is -2.33. The van der Waals surface area contributed by atoms with Gasteiger partial charge in [0, 0.05) is 5.38 Å². The zero-order chi connectivity index (χ0) is 14.8. The third kappa shape index (κ3) is 2.71. The van der Waals surface area contributed by atoms with Crippen molar-refractivity contribution in [1.82, 2.24) is 4.98 Å². The summed E-state index contributed by atoms with van der Waals surface area (Å²) in [7, 11) is 0. The van der Waals surface area contributed by atoms with E-state index < -0.39 is 5.97 Å². The van der Waals surface area contributed by atoms with Gasteiger partial charge in [-0.2, -0.15) is 0 Å². The molecule has 3 rings (SSSR count). The third-order valence-corrected chi connectivity index (χ3v) is 4.47. The molecule has 1 aliphatic rings. The lowest BCUT2D eigenvalue weighted by atomic mass is 10.1. The Morgan fingerprint density at radius 2 is 2.38 bits per heavy atom. The van der Waals surface area contributed by atoms with Crippen molar-refractivity contribution in [2.24, 2.45) is 0 Å². The van der Waals surface area contributed by atoms with Crippen molar-refractivity contribution in [3.05, 3.63) is 39.8 Å². The molecule has 2 aromatic rings. The van der Waals surface area contributed by atoms with E-state index in [1.54, 1.807) is 23.5 Å². The second kappa shape index (κ2) is 5.73. The van der Waals surface area contributed by atoms with Gasteiger partial charge in [0.15, 0.2) is 5.75 Å². The van der Waals surface area contributed by atoms with Crippen LogP contribution in [0.2, 0.25) is 0 Å². The molecule has 1 aromatic heterocycles. The minimum atomic E-state index is -0.962. The number of thiazole rings is 1. The zero-order valence-electron chi connectivity index (χ0n) is 11.7. The number of ether oxygens (including phenoxy) is 1. The normalized spacial score (nSPS) is 13.7. The Morgan fingerprint density at radius 1 is 1.52 bits per heavy atom. The first-order chi connectivity index (χ1) is 10.2. The molecule has 0 saturated heterocycles. The Bertz CT molecular complexity index is 669. The number of carboxylic acid groups (broad SMARTS) is 1. The van der Waals surface area contributed by atoms with Crippen LogP contribution >= 0.6 is 11.3 Å². The minimum Gasteiger partial charge on any atom is -0.489 e. The van der Waals surface area contributed by atoms with E-state index in [0.29, 0.717) is 18.9 Å². The zero-order valence-corrected chi connectivity index (χ0v) is 12.5. The Balaban J connectivity index is 1.90. The molecule has 2 heterocycles. The van der Waals surface area contributed by atoms with E-state index in [4.69, 9.17) is 4.74 Å². The Kier molecular flexibility index (Phi) is 3.79. The molecule has 0 saturated carbocycles. The second-order valence-electron chi connectivity index (χ2n) is 4.82. The first-order valence-corrected chi connectivity index (χ1v) is 7.74. The van der Waals surface area contributed by atoms with Crippen LogP contribution in [0.5, 0.6) is 5.75 Å². The smallest absolute Gasteiger partial charge is 0.339 e. The van der Waals surface area contributed by atoms with Crippen molar-refractivity contribution in [3.63, 3.8) is 0 Å². The Hall–Kier alpha value is -2.08. The quantitative estimate of drug-likeness (QED) is 0.941. The van der Waals surface area contributed by atoms with Gasteiger partial charge in [-0.1, -0.05) is 13.0 Å². The summed E-state index contributed by atoms with van der Waals surface area (Å²) in [4.78, 5) is 18.0. The molecule has 0 fully saturated rings. The summed E-state index contributed by atoms with van der Waals surface area (Å²) in [6.45, 7) is 3.98. The van der Waals surface area contributed by atoms with Crippen molar-refractivity contribution in [2.75, 3.05) is 18.1 Å². The molecular weight excluding hydrogens is 288 g/mol. The predicted octanol–water partition coefficient (Wildman–Crippen LogP) is 2.80. The van der Waals surface area contributed by atoms with E-state index in [1.165, 1.54) is 0 Å². The summed E-state index contributed by atoms with van der Waals surface area (Å²) >= 11 is 1.66. The number of aromatic nitrogens is 1. The number of rotatable bonds is 4. The SMILES string of the molecule is CCc1nc(CN2CCOc3c(C(=O)O)cccc32)cs1. The predicted molar refractivity (Wildman–Crippen MR) is 81.4 cm³/mol. The van der Waals surface area contributed by atoms with E-state index in [9.17, 15) is 9.90 Å². The highest BCUT2D eigenvalue weighted by atomic mass is 32.1. The van der Waals surface area contributed by atoms with Crippen molar-refractivity contribution in [1.29, 1.82) is 0 Å². The van der Waals surface area contributed by atoms with Gasteiger partial charge < -0.3 is 14.7 Å². The van der Waals surface area contributed by atoms with Crippen LogP contribution in [0.1, 0.15) is 28.0 Å². The summed E-state index contributed by atoms with van der Waals surface area (Å²) in [6, 6.07) is 5.22. The average Bonchev–Trinajstić information content (AvgIpc) is 2.94. The summed E-state index contributed by atoms with van der Waals surface area (Å²) in [6.07, 6.45) is 0.938. The molecule has 0 spiro atoms.